The molecule has 5 heteroatoms. The molecule has 3 rings (SSSR count). The summed E-state index contributed by atoms with van der Waals surface area (Å²) < 4.78 is 11.9. The number of nitrogens with two attached hydrogens (primary N) is 1. The first kappa shape index (κ1) is 11.8. The molecule has 0 amide bonds. The summed E-state index contributed by atoms with van der Waals surface area (Å²) in [6, 6.07) is 13.2. The molecular formula is C14H12N2O2S. The summed E-state index contributed by atoms with van der Waals surface area (Å²) >= 11 is 1.50. The lowest BCUT2D eigenvalue weighted by molar-refractivity contribution is 0.415. The maximum absolute atomic E-state index is 5.84. The van der Waals surface area contributed by atoms with Crippen LogP contribution in [0.25, 0.3) is 10.2 Å². The van der Waals surface area contributed by atoms with E-state index in [0.29, 0.717) is 22.4 Å². The van der Waals surface area contributed by atoms with Crippen LogP contribution in [0.5, 0.6) is 16.7 Å². The summed E-state index contributed by atoms with van der Waals surface area (Å²) in [4.78, 5) is 4.40. The van der Waals surface area contributed by atoms with E-state index < -0.39 is 0 Å². The largest absolute Gasteiger partial charge is 0.495 e. The Morgan fingerprint density at radius 3 is 2.74 bits per heavy atom. The molecule has 0 saturated carbocycles. The number of thiazole rings is 1. The molecule has 0 bridgehead atoms. The van der Waals surface area contributed by atoms with Gasteiger partial charge in [-0.2, -0.15) is 0 Å². The fraction of sp³-hybridized carbons (Fsp3) is 0.0714. The topological polar surface area (TPSA) is 57.4 Å². The van der Waals surface area contributed by atoms with Gasteiger partial charge >= 0.3 is 0 Å². The zero-order valence-corrected chi connectivity index (χ0v) is 11.1. The molecule has 0 radical (unpaired) electrons. The molecule has 3 aromatic rings. The lowest BCUT2D eigenvalue weighted by Crippen LogP contribution is -1.92. The molecular weight excluding hydrogens is 260 g/mol. The van der Waals surface area contributed by atoms with Gasteiger partial charge in [0.1, 0.15) is 11.5 Å². The van der Waals surface area contributed by atoms with E-state index in [4.69, 9.17) is 15.2 Å². The van der Waals surface area contributed by atoms with E-state index in [1.807, 2.05) is 24.3 Å². The molecule has 2 N–H and O–H groups in total. The van der Waals surface area contributed by atoms with E-state index in [1.54, 1.807) is 25.3 Å². The second kappa shape index (κ2) is 4.78. The number of ether oxygens (including phenoxy) is 2. The number of rotatable bonds is 3. The van der Waals surface area contributed by atoms with Crippen molar-refractivity contribution in [2.24, 2.45) is 0 Å². The van der Waals surface area contributed by atoms with Gasteiger partial charge in [-0.15, -0.1) is 0 Å². The molecule has 1 aromatic heterocycles. The van der Waals surface area contributed by atoms with Gasteiger partial charge in [0.15, 0.2) is 0 Å². The predicted octanol–water partition coefficient (Wildman–Crippen LogP) is 3.68. The minimum Gasteiger partial charge on any atom is -0.495 e. The average molecular weight is 272 g/mol. The zero-order chi connectivity index (χ0) is 13.2. The molecule has 19 heavy (non-hydrogen) atoms. The summed E-state index contributed by atoms with van der Waals surface area (Å²) in [5.41, 5.74) is 7.32. The Morgan fingerprint density at radius 1 is 1.16 bits per heavy atom. The predicted molar refractivity (Wildman–Crippen MR) is 77.1 cm³/mol. The van der Waals surface area contributed by atoms with Crippen molar-refractivity contribution in [3.63, 3.8) is 0 Å². The minimum absolute atomic E-state index is 0.543. The Bertz CT molecular complexity index is 691. The van der Waals surface area contributed by atoms with Crippen molar-refractivity contribution in [3.05, 3.63) is 42.5 Å². The van der Waals surface area contributed by atoms with Crippen molar-refractivity contribution in [1.82, 2.24) is 4.98 Å². The van der Waals surface area contributed by atoms with Gasteiger partial charge in [0.05, 0.1) is 23.0 Å². The molecule has 2 aromatic carbocycles. The van der Waals surface area contributed by atoms with Crippen molar-refractivity contribution < 1.29 is 9.47 Å². The highest BCUT2D eigenvalue weighted by atomic mass is 32.1. The van der Waals surface area contributed by atoms with Crippen molar-refractivity contribution in [2.45, 2.75) is 0 Å². The van der Waals surface area contributed by atoms with E-state index >= 15 is 0 Å². The van der Waals surface area contributed by atoms with Crippen molar-refractivity contribution in [2.75, 3.05) is 12.8 Å². The smallest absolute Gasteiger partial charge is 0.279 e. The fourth-order valence-corrected chi connectivity index (χ4v) is 2.61. The lowest BCUT2D eigenvalue weighted by atomic mass is 10.3. The van der Waals surface area contributed by atoms with Crippen LogP contribution in [0.2, 0.25) is 0 Å². The fourth-order valence-electron chi connectivity index (χ4n) is 1.77. The van der Waals surface area contributed by atoms with Crippen LogP contribution in [0.15, 0.2) is 42.5 Å². The van der Waals surface area contributed by atoms with Gasteiger partial charge in [0, 0.05) is 6.07 Å². The van der Waals surface area contributed by atoms with Gasteiger partial charge in [0.25, 0.3) is 5.19 Å². The van der Waals surface area contributed by atoms with E-state index in [1.165, 1.54) is 11.3 Å². The minimum atomic E-state index is 0.543. The monoisotopic (exact) mass is 272 g/mol. The number of methoxy groups -OCH3 is 1. The zero-order valence-electron chi connectivity index (χ0n) is 10.3. The van der Waals surface area contributed by atoms with Gasteiger partial charge in [-0.25, -0.2) is 4.98 Å². The van der Waals surface area contributed by atoms with Crippen LogP contribution in [0, 0.1) is 0 Å². The number of nitrogens with zero attached hydrogens (tertiary/aromatic N) is 1. The third-order valence-corrected chi connectivity index (χ3v) is 3.59. The van der Waals surface area contributed by atoms with Gasteiger partial charge in [-0.1, -0.05) is 23.5 Å². The molecule has 0 aliphatic heterocycles. The Morgan fingerprint density at radius 2 is 2.00 bits per heavy atom. The first-order valence-electron chi connectivity index (χ1n) is 5.73. The van der Waals surface area contributed by atoms with E-state index in [-0.39, 0.29) is 0 Å². The highest BCUT2D eigenvalue weighted by Gasteiger charge is 2.07. The molecule has 0 spiro atoms. The molecule has 0 aliphatic rings. The summed E-state index contributed by atoms with van der Waals surface area (Å²) in [5.74, 6) is 1.29. The first-order chi connectivity index (χ1) is 9.26. The number of para-hydroxylation sites is 1. The van der Waals surface area contributed by atoms with Crippen LogP contribution in [-0.4, -0.2) is 12.1 Å². The molecule has 0 fully saturated rings. The number of aromatic nitrogens is 1. The number of fused-ring (bicyclic) bond motifs is 1. The Balaban J connectivity index is 1.90. The van der Waals surface area contributed by atoms with Crippen LogP contribution >= 0.6 is 11.3 Å². The Labute approximate surface area is 114 Å². The van der Waals surface area contributed by atoms with Crippen LogP contribution in [0.4, 0.5) is 5.69 Å². The summed E-state index contributed by atoms with van der Waals surface area (Å²) in [5, 5.41) is 0.603. The molecule has 96 valence electrons. The number of benzene rings is 2. The summed E-state index contributed by atoms with van der Waals surface area (Å²) in [7, 11) is 1.58. The van der Waals surface area contributed by atoms with Crippen LogP contribution in [0.1, 0.15) is 0 Å². The SMILES string of the molecule is COc1ccc(Oc2nc3ccccc3s2)cc1N. The standard InChI is InChI=1S/C14H12N2O2S/c1-17-12-7-6-9(8-10(12)15)18-14-16-11-4-2-3-5-13(11)19-14/h2-8H,15H2,1H3. The van der Waals surface area contributed by atoms with E-state index in [9.17, 15) is 0 Å². The summed E-state index contributed by atoms with van der Waals surface area (Å²) in [6.07, 6.45) is 0. The first-order valence-corrected chi connectivity index (χ1v) is 6.55. The molecule has 0 saturated heterocycles. The highest BCUT2D eigenvalue weighted by Crippen LogP contribution is 2.33. The van der Waals surface area contributed by atoms with Crippen molar-refractivity contribution >= 4 is 27.2 Å². The molecule has 0 aliphatic carbocycles. The Hall–Kier alpha value is -2.27. The van der Waals surface area contributed by atoms with E-state index in [0.717, 1.165) is 10.2 Å². The maximum Gasteiger partial charge on any atom is 0.279 e. The quantitative estimate of drug-likeness (QED) is 0.739. The third-order valence-electron chi connectivity index (χ3n) is 2.68. The molecule has 0 unspecified atom stereocenters. The highest BCUT2D eigenvalue weighted by molar-refractivity contribution is 7.20. The van der Waals surface area contributed by atoms with Crippen LogP contribution in [-0.2, 0) is 0 Å². The molecule has 4 nitrogen and oxygen atoms in total. The van der Waals surface area contributed by atoms with Crippen LogP contribution in [0.3, 0.4) is 0 Å². The number of hydrogen-bond acceptors (Lipinski definition) is 5. The summed E-state index contributed by atoms with van der Waals surface area (Å²) in [6.45, 7) is 0. The van der Waals surface area contributed by atoms with Crippen molar-refractivity contribution in [1.29, 1.82) is 0 Å². The van der Waals surface area contributed by atoms with E-state index in [2.05, 4.69) is 4.98 Å². The maximum atomic E-state index is 5.84. The van der Waals surface area contributed by atoms with Gasteiger partial charge in [-0.3, -0.25) is 0 Å². The van der Waals surface area contributed by atoms with Crippen molar-refractivity contribution in [3.8, 4) is 16.7 Å². The number of hydrogen-bond donors (Lipinski definition) is 1. The second-order valence-electron chi connectivity index (χ2n) is 3.95. The normalized spacial score (nSPS) is 10.6. The average Bonchev–Trinajstić information content (AvgIpc) is 2.81. The third kappa shape index (κ3) is 2.32. The lowest BCUT2D eigenvalue weighted by Gasteiger charge is -2.06. The number of nitrogen functional groups attached to an aromatic ring is 1. The molecule has 1 heterocycles. The molecule has 0 atom stereocenters. The van der Waals surface area contributed by atoms with Crippen LogP contribution < -0.4 is 15.2 Å². The van der Waals surface area contributed by atoms with Gasteiger partial charge in [0.2, 0.25) is 0 Å². The van der Waals surface area contributed by atoms with Gasteiger partial charge < -0.3 is 15.2 Å². The second-order valence-corrected chi connectivity index (χ2v) is 4.95. The van der Waals surface area contributed by atoms with Gasteiger partial charge in [-0.05, 0) is 24.3 Å². The number of anilines is 1. The Kier molecular flexibility index (Phi) is 2.97.